The van der Waals surface area contributed by atoms with Gasteiger partial charge in [-0.2, -0.15) is 5.26 Å². The molecule has 3 rings (SSSR count). The second-order valence-electron chi connectivity index (χ2n) is 7.64. The first-order chi connectivity index (χ1) is 15.1. The Kier molecular flexibility index (Phi) is 8.21. The molecule has 1 aliphatic rings. The molecule has 0 radical (unpaired) electrons. The van der Waals surface area contributed by atoms with Gasteiger partial charge in [-0.05, 0) is 50.4 Å². The topological polar surface area (TPSA) is 82.4 Å². The van der Waals surface area contributed by atoms with Gasteiger partial charge >= 0.3 is 5.97 Å². The standard InChI is InChI=1S/C24H29N3O3S/c1-3-17-6-8-18(9-7-17)20-16-31-23(21(20)24(29)30-4-2)26-22(28)19-10-14-27(15-11-19)13-5-12-25/h6-9,16,19H,3-5,10-11,13-15H2,1-2H3,(H,26,28). The van der Waals surface area contributed by atoms with Crippen molar-refractivity contribution < 1.29 is 14.3 Å². The zero-order valence-corrected chi connectivity index (χ0v) is 19.0. The predicted molar refractivity (Wildman–Crippen MR) is 123 cm³/mol. The predicted octanol–water partition coefficient (Wildman–Crippen LogP) is 4.72. The van der Waals surface area contributed by atoms with Crippen LogP contribution in [0.1, 0.15) is 49.0 Å². The molecule has 0 atom stereocenters. The number of benzene rings is 1. The molecule has 0 spiro atoms. The Balaban J connectivity index is 1.76. The van der Waals surface area contributed by atoms with Crippen LogP contribution in [0.5, 0.6) is 0 Å². The molecule has 1 aromatic carbocycles. The Hall–Kier alpha value is -2.69. The lowest BCUT2D eigenvalue weighted by molar-refractivity contribution is -0.121. The van der Waals surface area contributed by atoms with E-state index >= 15 is 0 Å². The molecule has 1 aliphatic heterocycles. The van der Waals surface area contributed by atoms with Gasteiger partial charge in [0.2, 0.25) is 5.91 Å². The van der Waals surface area contributed by atoms with Crippen molar-refractivity contribution in [1.82, 2.24) is 4.90 Å². The molecule has 0 aliphatic carbocycles. The first-order valence-corrected chi connectivity index (χ1v) is 11.7. The molecule has 6 nitrogen and oxygen atoms in total. The quantitative estimate of drug-likeness (QED) is 0.602. The number of anilines is 1. The monoisotopic (exact) mass is 439 g/mol. The maximum atomic E-state index is 12.9. The number of nitrogens with zero attached hydrogens (tertiary/aromatic N) is 2. The van der Waals surface area contributed by atoms with Crippen molar-refractivity contribution in [2.24, 2.45) is 5.92 Å². The fourth-order valence-corrected chi connectivity index (χ4v) is 4.79. The van der Waals surface area contributed by atoms with Gasteiger partial charge in [0.25, 0.3) is 0 Å². The molecule has 1 saturated heterocycles. The molecule has 7 heteroatoms. The Morgan fingerprint density at radius 3 is 2.55 bits per heavy atom. The van der Waals surface area contributed by atoms with Crippen LogP contribution in [0, 0.1) is 17.2 Å². The third kappa shape index (κ3) is 5.72. The van der Waals surface area contributed by atoms with Crippen LogP contribution in [0.25, 0.3) is 11.1 Å². The molecule has 0 bridgehead atoms. The van der Waals surface area contributed by atoms with Gasteiger partial charge in [0, 0.05) is 29.8 Å². The minimum absolute atomic E-state index is 0.0554. The Morgan fingerprint density at radius 2 is 1.94 bits per heavy atom. The van der Waals surface area contributed by atoms with E-state index in [9.17, 15) is 9.59 Å². The summed E-state index contributed by atoms with van der Waals surface area (Å²) in [5, 5.41) is 14.2. The van der Waals surface area contributed by atoms with Crippen LogP contribution in [0.4, 0.5) is 5.00 Å². The summed E-state index contributed by atoms with van der Waals surface area (Å²) in [5.74, 6) is -0.567. The third-order valence-electron chi connectivity index (χ3n) is 5.68. The number of nitriles is 1. The second kappa shape index (κ2) is 11.1. The van der Waals surface area contributed by atoms with Crippen LogP contribution in [0.2, 0.25) is 0 Å². The largest absolute Gasteiger partial charge is 0.462 e. The number of likely N-dealkylation sites (tertiary alicyclic amines) is 1. The average Bonchev–Trinajstić information content (AvgIpc) is 3.21. The lowest BCUT2D eigenvalue weighted by Crippen LogP contribution is -2.38. The van der Waals surface area contributed by atoms with Crippen molar-refractivity contribution in [3.05, 3.63) is 40.8 Å². The number of nitrogens with one attached hydrogen (secondary N) is 1. The number of hydrogen-bond acceptors (Lipinski definition) is 6. The number of esters is 1. The molecule has 1 fully saturated rings. The molecule has 31 heavy (non-hydrogen) atoms. The van der Waals surface area contributed by atoms with E-state index in [-0.39, 0.29) is 18.4 Å². The highest BCUT2D eigenvalue weighted by Crippen LogP contribution is 2.37. The van der Waals surface area contributed by atoms with Crippen LogP contribution in [0.3, 0.4) is 0 Å². The minimum atomic E-state index is -0.417. The zero-order valence-electron chi connectivity index (χ0n) is 18.1. The third-order valence-corrected chi connectivity index (χ3v) is 6.57. The number of thiophene rings is 1. The van der Waals surface area contributed by atoms with Gasteiger partial charge in [-0.25, -0.2) is 4.79 Å². The first-order valence-electron chi connectivity index (χ1n) is 10.8. The maximum Gasteiger partial charge on any atom is 0.341 e. The van der Waals surface area contributed by atoms with E-state index in [0.717, 1.165) is 50.0 Å². The highest BCUT2D eigenvalue weighted by molar-refractivity contribution is 7.15. The molecule has 2 aromatic rings. The smallest absolute Gasteiger partial charge is 0.341 e. The minimum Gasteiger partial charge on any atom is -0.462 e. The zero-order chi connectivity index (χ0) is 22.2. The maximum absolute atomic E-state index is 12.9. The molecule has 1 aromatic heterocycles. The number of hydrogen-bond donors (Lipinski definition) is 1. The molecule has 0 saturated carbocycles. The van der Waals surface area contributed by atoms with Crippen molar-refractivity contribution in [3.8, 4) is 17.2 Å². The van der Waals surface area contributed by atoms with Crippen molar-refractivity contribution in [2.45, 2.75) is 39.5 Å². The summed E-state index contributed by atoms with van der Waals surface area (Å²) in [4.78, 5) is 27.9. The number of ether oxygens (including phenoxy) is 1. The van der Waals surface area contributed by atoms with Crippen molar-refractivity contribution in [2.75, 3.05) is 31.6 Å². The van der Waals surface area contributed by atoms with Crippen LogP contribution in [-0.2, 0) is 16.0 Å². The van der Waals surface area contributed by atoms with Gasteiger partial charge in [0.05, 0.1) is 12.7 Å². The van der Waals surface area contributed by atoms with Crippen LogP contribution in [0.15, 0.2) is 29.6 Å². The molecule has 2 heterocycles. The molecular weight excluding hydrogens is 410 g/mol. The second-order valence-corrected chi connectivity index (χ2v) is 8.52. The number of amides is 1. The number of piperidine rings is 1. The Bertz CT molecular complexity index is 938. The number of carbonyl (C=O) groups excluding carboxylic acids is 2. The van der Waals surface area contributed by atoms with E-state index < -0.39 is 5.97 Å². The lowest BCUT2D eigenvalue weighted by atomic mass is 9.95. The highest BCUT2D eigenvalue weighted by atomic mass is 32.1. The van der Waals surface area contributed by atoms with Gasteiger partial charge in [0.1, 0.15) is 10.6 Å². The molecule has 0 unspecified atom stereocenters. The summed E-state index contributed by atoms with van der Waals surface area (Å²) in [6.45, 7) is 6.53. The van der Waals surface area contributed by atoms with Gasteiger partial charge in [-0.15, -0.1) is 11.3 Å². The van der Waals surface area contributed by atoms with Crippen LogP contribution >= 0.6 is 11.3 Å². The normalized spacial score (nSPS) is 14.7. The Morgan fingerprint density at radius 1 is 1.23 bits per heavy atom. The molecule has 164 valence electrons. The number of aryl methyl sites for hydroxylation is 1. The summed E-state index contributed by atoms with van der Waals surface area (Å²) in [7, 11) is 0. The Labute approximate surface area is 187 Å². The summed E-state index contributed by atoms with van der Waals surface area (Å²) >= 11 is 1.36. The van der Waals surface area contributed by atoms with E-state index in [4.69, 9.17) is 10.00 Å². The SMILES string of the molecule is CCOC(=O)c1c(-c2ccc(CC)cc2)csc1NC(=O)C1CCN(CCC#N)CC1. The van der Waals surface area contributed by atoms with E-state index in [0.29, 0.717) is 17.0 Å². The van der Waals surface area contributed by atoms with Crippen molar-refractivity contribution >= 4 is 28.2 Å². The van der Waals surface area contributed by atoms with Gasteiger partial charge in [-0.3, -0.25) is 4.79 Å². The summed E-state index contributed by atoms with van der Waals surface area (Å²) in [5.41, 5.74) is 3.37. The van der Waals surface area contributed by atoms with Crippen molar-refractivity contribution in [3.63, 3.8) is 0 Å². The summed E-state index contributed by atoms with van der Waals surface area (Å²) < 4.78 is 5.30. The van der Waals surface area contributed by atoms with E-state index in [1.54, 1.807) is 6.92 Å². The van der Waals surface area contributed by atoms with E-state index in [1.165, 1.54) is 16.9 Å². The fourth-order valence-electron chi connectivity index (χ4n) is 3.83. The molecular formula is C24H29N3O3S. The number of carbonyl (C=O) groups is 2. The van der Waals surface area contributed by atoms with E-state index in [2.05, 4.69) is 35.3 Å². The van der Waals surface area contributed by atoms with Gasteiger partial charge in [0.15, 0.2) is 0 Å². The van der Waals surface area contributed by atoms with E-state index in [1.807, 2.05) is 17.5 Å². The van der Waals surface area contributed by atoms with Crippen LogP contribution < -0.4 is 5.32 Å². The number of rotatable bonds is 8. The average molecular weight is 440 g/mol. The fraction of sp³-hybridized carbons (Fsp3) is 0.458. The molecule has 1 amide bonds. The summed E-state index contributed by atoms with van der Waals surface area (Å²) in [6, 6.07) is 10.3. The van der Waals surface area contributed by atoms with Crippen LogP contribution in [-0.4, -0.2) is 43.0 Å². The first kappa shape index (κ1) is 23.0. The lowest BCUT2D eigenvalue weighted by Gasteiger charge is -2.30. The summed E-state index contributed by atoms with van der Waals surface area (Å²) in [6.07, 6.45) is 2.97. The van der Waals surface area contributed by atoms with Crippen molar-refractivity contribution in [1.29, 1.82) is 5.26 Å². The highest BCUT2D eigenvalue weighted by Gasteiger charge is 2.28. The van der Waals surface area contributed by atoms with Gasteiger partial charge in [-0.1, -0.05) is 31.2 Å². The van der Waals surface area contributed by atoms with Gasteiger partial charge < -0.3 is 15.0 Å². The molecule has 1 N–H and O–H groups in total.